The summed E-state index contributed by atoms with van der Waals surface area (Å²) in [5, 5.41) is 13.8. The van der Waals surface area contributed by atoms with Crippen LogP contribution in [0.1, 0.15) is 23.5 Å². The Balaban J connectivity index is 1.15. The van der Waals surface area contributed by atoms with Gasteiger partial charge < -0.3 is 25.2 Å². The molecule has 0 radical (unpaired) electrons. The number of ether oxygens (including phenoxy) is 2. The fraction of sp³-hybridized carbons (Fsp3) is 0.400. The highest BCUT2D eigenvalue weighted by molar-refractivity contribution is 5.83. The van der Waals surface area contributed by atoms with Crippen molar-refractivity contribution < 1.29 is 37.7 Å². The molecule has 0 bridgehead atoms. The first kappa shape index (κ1) is 23.2. The number of nitrogens with one attached hydrogen (secondary N) is 2. The van der Waals surface area contributed by atoms with Crippen LogP contribution in [0.3, 0.4) is 0 Å². The van der Waals surface area contributed by atoms with Gasteiger partial charge >= 0.3 is 12.1 Å². The molecule has 0 aromatic heterocycles. The van der Waals surface area contributed by atoms with E-state index in [1.54, 1.807) is 0 Å². The Morgan fingerprint density at radius 2 is 1.69 bits per heavy atom. The fourth-order valence-electron chi connectivity index (χ4n) is 5.08. The molecule has 5 rings (SSSR count). The van der Waals surface area contributed by atoms with E-state index >= 15 is 0 Å². The summed E-state index contributed by atoms with van der Waals surface area (Å²) in [6, 6.07) is 15.2. The molecule has 2 fully saturated rings. The fourth-order valence-corrected chi connectivity index (χ4v) is 5.08. The standard InChI is InChI=1S/C25H24F2N2O6/c26-25(27)18(20(25)23(31)32)11-28-22(30)21-19(9-10-34-21)29-24(33)35-12-17-15-7-3-1-5-13(15)14-6-2-4-8-16(14)17/h1-8,17-21H,9-12H2,(H,28,30)(H,29,33)(H,31,32)/t18?,19-,20?,21+/m0/s1. The number of alkyl carbamates (subject to hydrolysis) is 1. The number of alkyl halides is 2. The number of carbonyl (C=O) groups is 3. The van der Waals surface area contributed by atoms with Crippen LogP contribution in [0.25, 0.3) is 11.1 Å². The van der Waals surface area contributed by atoms with Crippen molar-refractivity contribution in [2.45, 2.75) is 30.4 Å². The zero-order valence-electron chi connectivity index (χ0n) is 18.6. The van der Waals surface area contributed by atoms with Gasteiger partial charge in [0.15, 0.2) is 6.10 Å². The van der Waals surface area contributed by atoms with Gasteiger partial charge in [-0.15, -0.1) is 0 Å². The van der Waals surface area contributed by atoms with Crippen molar-refractivity contribution in [3.05, 3.63) is 59.7 Å². The second-order valence-electron chi connectivity index (χ2n) is 9.00. The smallest absolute Gasteiger partial charge is 0.407 e. The van der Waals surface area contributed by atoms with Crippen LogP contribution in [0.15, 0.2) is 48.5 Å². The third-order valence-corrected chi connectivity index (χ3v) is 6.96. The minimum absolute atomic E-state index is 0.109. The van der Waals surface area contributed by atoms with Gasteiger partial charge in [0.25, 0.3) is 11.8 Å². The highest BCUT2D eigenvalue weighted by Gasteiger charge is 2.72. The van der Waals surface area contributed by atoms with Crippen LogP contribution in [-0.2, 0) is 19.1 Å². The number of hydrogen-bond acceptors (Lipinski definition) is 5. The summed E-state index contributed by atoms with van der Waals surface area (Å²) in [4.78, 5) is 35.9. The molecule has 184 valence electrons. The molecule has 10 heteroatoms. The maximum atomic E-state index is 13.5. The highest BCUT2D eigenvalue weighted by Crippen LogP contribution is 2.54. The lowest BCUT2D eigenvalue weighted by Crippen LogP contribution is -2.49. The summed E-state index contributed by atoms with van der Waals surface area (Å²) in [6.45, 7) is -0.179. The predicted octanol–water partition coefficient (Wildman–Crippen LogP) is 2.76. The number of carboxylic acid groups (broad SMARTS) is 1. The number of hydrogen-bond donors (Lipinski definition) is 3. The van der Waals surface area contributed by atoms with Gasteiger partial charge in [-0.3, -0.25) is 9.59 Å². The topological polar surface area (TPSA) is 114 Å². The molecular weight excluding hydrogens is 462 g/mol. The van der Waals surface area contributed by atoms with Gasteiger partial charge in [0.1, 0.15) is 12.5 Å². The van der Waals surface area contributed by atoms with Gasteiger partial charge in [-0.2, -0.15) is 0 Å². The summed E-state index contributed by atoms with van der Waals surface area (Å²) in [6.07, 6.45) is -1.44. The molecule has 2 amide bonds. The van der Waals surface area contributed by atoms with Crippen molar-refractivity contribution in [1.82, 2.24) is 10.6 Å². The largest absolute Gasteiger partial charge is 0.481 e. The molecule has 35 heavy (non-hydrogen) atoms. The molecule has 2 aromatic carbocycles. The first-order valence-corrected chi connectivity index (χ1v) is 11.4. The molecule has 1 saturated heterocycles. The van der Waals surface area contributed by atoms with E-state index in [1.807, 2.05) is 48.5 Å². The molecular formula is C25H24F2N2O6. The number of aliphatic carboxylic acids is 1. The van der Waals surface area contributed by atoms with Crippen LogP contribution in [0.4, 0.5) is 13.6 Å². The van der Waals surface area contributed by atoms with Gasteiger partial charge in [-0.1, -0.05) is 48.5 Å². The van der Waals surface area contributed by atoms with Crippen molar-refractivity contribution in [2.75, 3.05) is 19.8 Å². The SMILES string of the molecule is O=C(N[C@H]1CCO[C@H]1C(=O)NCC1C(C(=O)O)C1(F)F)OCC1c2ccccc2-c2ccccc21. The van der Waals surface area contributed by atoms with E-state index in [0.717, 1.165) is 22.3 Å². The van der Waals surface area contributed by atoms with E-state index in [9.17, 15) is 23.2 Å². The predicted molar refractivity (Wildman–Crippen MR) is 119 cm³/mol. The minimum Gasteiger partial charge on any atom is -0.481 e. The van der Waals surface area contributed by atoms with Crippen LogP contribution < -0.4 is 10.6 Å². The van der Waals surface area contributed by atoms with Crippen LogP contribution in [0, 0.1) is 11.8 Å². The Hall–Kier alpha value is -3.53. The molecule has 2 unspecified atom stereocenters. The number of carboxylic acids is 1. The Morgan fingerprint density at radius 1 is 1.06 bits per heavy atom. The van der Waals surface area contributed by atoms with Gasteiger partial charge in [0.05, 0.1) is 12.0 Å². The molecule has 3 N–H and O–H groups in total. The third-order valence-electron chi connectivity index (χ3n) is 6.96. The Morgan fingerprint density at radius 3 is 2.29 bits per heavy atom. The molecule has 8 nitrogen and oxygen atoms in total. The van der Waals surface area contributed by atoms with Crippen LogP contribution >= 0.6 is 0 Å². The van der Waals surface area contributed by atoms with Gasteiger partial charge in [-0.25, -0.2) is 13.6 Å². The van der Waals surface area contributed by atoms with Crippen molar-refractivity contribution in [3.8, 4) is 11.1 Å². The summed E-state index contributed by atoms with van der Waals surface area (Å²) in [7, 11) is 0. The summed E-state index contributed by atoms with van der Waals surface area (Å²) >= 11 is 0. The molecule has 3 aliphatic rings. The van der Waals surface area contributed by atoms with Crippen LogP contribution in [0.5, 0.6) is 0 Å². The summed E-state index contributed by atoms with van der Waals surface area (Å²) in [5.74, 6) is -9.01. The average molecular weight is 486 g/mol. The first-order chi connectivity index (χ1) is 16.8. The number of fused-ring (bicyclic) bond motifs is 3. The lowest BCUT2D eigenvalue weighted by molar-refractivity contribution is -0.141. The first-order valence-electron chi connectivity index (χ1n) is 11.4. The molecule has 1 saturated carbocycles. The van der Waals surface area contributed by atoms with E-state index in [-0.39, 0.29) is 19.1 Å². The summed E-state index contributed by atoms with van der Waals surface area (Å²) < 4.78 is 38.0. The van der Waals surface area contributed by atoms with Gasteiger partial charge in [0, 0.05) is 19.1 Å². The monoisotopic (exact) mass is 486 g/mol. The van der Waals surface area contributed by atoms with Crippen molar-refractivity contribution in [3.63, 3.8) is 0 Å². The molecule has 0 spiro atoms. The maximum Gasteiger partial charge on any atom is 0.407 e. The highest BCUT2D eigenvalue weighted by atomic mass is 19.3. The lowest BCUT2D eigenvalue weighted by Gasteiger charge is -2.20. The normalized spacial score (nSPS) is 25.9. The van der Waals surface area contributed by atoms with E-state index in [4.69, 9.17) is 14.6 Å². The number of halogens is 2. The van der Waals surface area contributed by atoms with E-state index in [2.05, 4.69) is 10.6 Å². The Kier molecular flexibility index (Phi) is 5.92. The Labute approximate surface area is 199 Å². The van der Waals surface area contributed by atoms with Gasteiger partial charge in [0.2, 0.25) is 0 Å². The molecule has 1 aliphatic heterocycles. The number of benzene rings is 2. The second kappa shape index (κ2) is 8.92. The zero-order valence-corrected chi connectivity index (χ0v) is 18.6. The van der Waals surface area contributed by atoms with Gasteiger partial charge in [-0.05, 0) is 28.7 Å². The Bertz CT molecular complexity index is 1130. The molecule has 2 aliphatic carbocycles. The molecule has 1 heterocycles. The number of carbonyl (C=O) groups excluding carboxylic acids is 2. The number of amides is 2. The van der Waals surface area contributed by atoms with Crippen molar-refractivity contribution in [2.24, 2.45) is 11.8 Å². The minimum atomic E-state index is -3.35. The van der Waals surface area contributed by atoms with Crippen molar-refractivity contribution >= 4 is 18.0 Å². The average Bonchev–Trinajstić information content (AvgIpc) is 3.13. The molecule has 2 aromatic rings. The lowest BCUT2D eigenvalue weighted by atomic mass is 9.98. The number of rotatable bonds is 7. The van der Waals surface area contributed by atoms with E-state index in [0.29, 0.717) is 6.42 Å². The maximum absolute atomic E-state index is 13.5. The second-order valence-corrected chi connectivity index (χ2v) is 9.00. The zero-order chi connectivity index (χ0) is 24.7. The van der Waals surface area contributed by atoms with Crippen LogP contribution in [-0.4, -0.2) is 60.9 Å². The third kappa shape index (κ3) is 4.22. The summed E-state index contributed by atoms with van der Waals surface area (Å²) in [5.41, 5.74) is 4.34. The van der Waals surface area contributed by atoms with E-state index in [1.165, 1.54) is 0 Å². The van der Waals surface area contributed by atoms with Crippen molar-refractivity contribution in [1.29, 1.82) is 0 Å². The molecule has 4 atom stereocenters. The quantitative estimate of drug-likeness (QED) is 0.555. The van der Waals surface area contributed by atoms with E-state index < -0.39 is 54.4 Å². The van der Waals surface area contributed by atoms with Crippen LogP contribution in [0.2, 0.25) is 0 Å².